The molecule has 0 bridgehead atoms. The highest BCUT2D eigenvalue weighted by Crippen LogP contribution is 2.12. The molecular formula is C9H10FN3O2. The van der Waals surface area contributed by atoms with Crippen LogP contribution in [0.1, 0.15) is 0 Å². The van der Waals surface area contributed by atoms with Crippen LogP contribution in [0.2, 0.25) is 0 Å². The molecule has 0 spiro atoms. The fraction of sp³-hybridized carbons (Fsp3) is 0.222. The van der Waals surface area contributed by atoms with Crippen LogP contribution in [0.3, 0.4) is 0 Å². The molecule has 0 unspecified atom stereocenters. The topological polar surface area (TPSA) is 65.3 Å². The second-order valence-corrected chi connectivity index (χ2v) is 2.88. The number of benzene rings is 1. The van der Waals surface area contributed by atoms with Gasteiger partial charge in [-0.1, -0.05) is 5.22 Å². The number of likely N-dealkylation sites (N-methyl/N-ethyl adjacent to an activating group) is 1. The van der Waals surface area contributed by atoms with E-state index in [0.29, 0.717) is 5.69 Å². The molecule has 0 heterocycles. The van der Waals surface area contributed by atoms with Crippen molar-refractivity contribution in [3.63, 3.8) is 0 Å². The minimum atomic E-state index is -0.990. The first-order valence-corrected chi connectivity index (χ1v) is 4.18. The van der Waals surface area contributed by atoms with E-state index in [-0.39, 0.29) is 12.4 Å². The van der Waals surface area contributed by atoms with Crippen molar-refractivity contribution in [3.05, 3.63) is 30.1 Å². The average molecular weight is 211 g/mol. The monoisotopic (exact) mass is 211 g/mol. The first kappa shape index (κ1) is 11.1. The van der Waals surface area contributed by atoms with E-state index in [9.17, 15) is 9.18 Å². The van der Waals surface area contributed by atoms with E-state index in [4.69, 9.17) is 5.11 Å². The zero-order chi connectivity index (χ0) is 11.3. The van der Waals surface area contributed by atoms with Crippen LogP contribution >= 0.6 is 0 Å². The summed E-state index contributed by atoms with van der Waals surface area (Å²) in [7, 11) is 1.49. The van der Waals surface area contributed by atoms with Crippen LogP contribution in [0.5, 0.6) is 0 Å². The number of carboxylic acid groups (broad SMARTS) is 1. The Morgan fingerprint density at radius 3 is 2.60 bits per heavy atom. The summed E-state index contributed by atoms with van der Waals surface area (Å²) in [6.45, 7) is -0.231. The highest BCUT2D eigenvalue weighted by molar-refractivity contribution is 5.68. The second kappa shape index (κ2) is 5.04. The molecule has 0 aliphatic rings. The Morgan fingerprint density at radius 1 is 1.47 bits per heavy atom. The third kappa shape index (κ3) is 4.17. The van der Waals surface area contributed by atoms with Crippen molar-refractivity contribution < 1.29 is 14.3 Å². The molecular weight excluding hydrogens is 201 g/mol. The zero-order valence-electron chi connectivity index (χ0n) is 8.09. The summed E-state index contributed by atoms with van der Waals surface area (Å²) in [4.78, 5) is 10.3. The fourth-order valence-corrected chi connectivity index (χ4v) is 0.863. The van der Waals surface area contributed by atoms with Gasteiger partial charge in [0.2, 0.25) is 0 Å². The van der Waals surface area contributed by atoms with Crippen LogP contribution in [-0.4, -0.2) is 29.7 Å². The van der Waals surface area contributed by atoms with Gasteiger partial charge in [0.15, 0.2) is 0 Å². The van der Waals surface area contributed by atoms with E-state index in [0.717, 1.165) is 0 Å². The Balaban J connectivity index is 2.57. The van der Waals surface area contributed by atoms with Crippen molar-refractivity contribution >= 4 is 11.7 Å². The van der Waals surface area contributed by atoms with Crippen molar-refractivity contribution in [2.75, 3.05) is 13.6 Å². The first-order valence-electron chi connectivity index (χ1n) is 4.18. The van der Waals surface area contributed by atoms with Crippen molar-refractivity contribution in [1.82, 2.24) is 5.01 Å². The maximum absolute atomic E-state index is 12.5. The largest absolute Gasteiger partial charge is 0.480 e. The lowest BCUT2D eigenvalue weighted by Gasteiger charge is -2.06. The molecule has 0 fully saturated rings. The third-order valence-electron chi connectivity index (χ3n) is 1.50. The van der Waals surface area contributed by atoms with Gasteiger partial charge in [0.25, 0.3) is 0 Å². The lowest BCUT2D eigenvalue weighted by molar-refractivity contribution is -0.138. The Bertz CT molecular complexity index is 364. The van der Waals surface area contributed by atoms with E-state index in [1.54, 1.807) is 0 Å². The van der Waals surface area contributed by atoms with Crippen LogP contribution < -0.4 is 0 Å². The van der Waals surface area contributed by atoms with Crippen molar-refractivity contribution in [2.45, 2.75) is 0 Å². The molecule has 0 radical (unpaired) electrons. The molecule has 1 rings (SSSR count). The van der Waals surface area contributed by atoms with Gasteiger partial charge in [0, 0.05) is 7.05 Å². The molecule has 0 aromatic heterocycles. The summed E-state index contributed by atoms with van der Waals surface area (Å²) in [5.74, 6) is -1.34. The molecule has 0 saturated carbocycles. The lowest BCUT2D eigenvalue weighted by Crippen LogP contribution is -2.19. The Morgan fingerprint density at radius 2 is 2.07 bits per heavy atom. The van der Waals surface area contributed by atoms with Gasteiger partial charge >= 0.3 is 5.97 Å². The molecule has 5 nitrogen and oxygen atoms in total. The number of nitrogens with zero attached hydrogens (tertiary/aromatic N) is 3. The summed E-state index contributed by atoms with van der Waals surface area (Å²) < 4.78 is 12.5. The van der Waals surface area contributed by atoms with E-state index in [1.165, 1.54) is 36.3 Å². The average Bonchev–Trinajstić information content (AvgIpc) is 2.16. The van der Waals surface area contributed by atoms with E-state index in [2.05, 4.69) is 10.3 Å². The SMILES string of the molecule is CN(CC(=O)O)/N=N/c1ccc(F)cc1. The molecule has 0 saturated heterocycles. The van der Waals surface area contributed by atoms with Gasteiger partial charge in [0.05, 0.1) is 5.69 Å². The first-order chi connectivity index (χ1) is 7.08. The predicted octanol–water partition coefficient (Wildman–Crippen LogP) is 1.84. The maximum atomic E-state index is 12.5. The molecule has 0 aliphatic carbocycles. The quantitative estimate of drug-likeness (QED) is 0.610. The predicted molar refractivity (Wildman–Crippen MR) is 51.2 cm³/mol. The molecule has 1 aromatic carbocycles. The number of hydrogen-bond acceptors (Lipinski definition) is 3. The number of carboxylic acids is 1. The molecule has 80 valence electrons. The summed E-state index contributed by atoms with van der Waals surface area (Å²) in [5, 5.41) is 16.9. The van der Waals surface area contributed by atoms with Gasteiger partial charge in [-0.05, 0) is 24.3 Å². The van der Waals surface area contributed by atoms with Gasteiger partial charge in [-0.25, -0.2) is 4.39 Å². The van der Waals surface area contributed by atoms with Crippen molar-refractivity contribution in [2.24, 2.45) is 10.3 Å². The Hall–Kier alpha value is -1.98. The lowest BCUT2D eigenvalue weighted by atomic mass is 10.3. The summed E-state index contributed by atoms with van der Waals surface area (Å²) in [6, 6.07) is 5.41. The van der Waals surface area contributed by atoms with Crippen molar-refractivity contribution in [1.29, 1.82) is 0 Å². The van der Waals surface area contributed by atoms with Gasteiger partial charge in [-0.2, -0.15) is 0 Å². The molecule has 6 heteroatoms. The maximum Gasteiger partial charge on any atom is 0.324 e. The van der Waals surface area contributed by atoms with Gasteiger partial charge in [0.1, 0.15) is 12.4 Å². The number of hydrogen-bond donors (Lipinski definition) is 1. The van der Waals surface area contributed by atoms with E-state index < -0.39 is 5.97 Å². The summed E-state index contributed by atoms with van der Waals surface area (Å²) in [5.41, 5.74) is 0.466. The molecule has 15 heavy (non-hydrogen) atoms. The Kier molecular flexibility index (Phi) is 3.73. The van der Waals surface area contributed by atoms with Crippen LogP contribution in [0.15, 0.2) is 34.6 Å². The van der Waals surface area contributed by atoms with Crippen LogP contribution in [0.4, 0.5) is 10.1 Å². The highest BCUT2D eigenvalue weighted by atomic mass is 19.1. The molecule has 0 amide bonds. The summed E-state index contributed by atoms with van der Waals surface area (Å²) >= 11 is 0. The number of carbonyl (C=O) groups is 1. The van der Waals surface area contributed by atoms with Crippen LogP contribution in [0, 0.1) is 5.82 Å². The minimum absolute atomic E-state index is 0.231. The number of halogens is 1. The van der Waals surface area contributed by atoms with Gasteiger partial charge < -0.3 is 5.11 Å². The third-order valence-corrected chi connectivity index (χ3v) is 1.50. The van der Waals surface area contributed by atoms with E-state index >= 15 is 0 Å². The van der Waals surface area contributed by atoms with Gasteiger partial charge in [-0.15, -0.1) is 5.11 Å². The standard InChI is InChI=1S/C9H10FN3O2/c1-13(6-9(14)15)12-11-8-4-2-7(10)3-5-8/h2-5H,6H2,1H3,(H,14,15)/b12-11+. The molecule has 1 aromatic rings. The number of rotatable bonds is 4. The van der Waals surface area contributed by atoms with Crippen LogP contribution in [0.25, 0.3) is 0 Å². The van der Waals surface area contributed by atoms with Gasteiger partial charge in [-0.3, -0.25) is 9.80 Å². The smallest absolute Gasteiger partial charge is 0.324 e. The molecule has 0 aliphatic heterocycles. The Labute approximate surface area is 85.8 Å². The normalized spacial score (nSPS) is 10.5. The number of aliphatic carboxylic acids is 1. The van der Waals surface area contributed by atoms with Crippen molar-refractivity contribution in [3.8, 4) is 0 Å². The van der Waals surface area contributed by atoms with Crippen LogP contribution in [-0.2, 0) is 4.79 Å². The summed E-state index contributed by atoms with van der Waals surface area (Å²) in [6.07, 6.45) is 0. The minimum Gasteiger partial charge on any atom is -0.480 e. The van der Waals surface area contributed by atoms with E-state index in [1.807, 2.05) is 0 Å². The molecule has 0 atom stereocenters. The second-order valence-electron chi connectivity index (χ2n) is 2.88. The zero-order valence-corrected chi connectivity index (χ0v) is 8.09. The molecule has 1 N–H and O–H groups in total. The fourth-order valence-electron chi connectivity index (χ4n) is 0.863. The highest BCUT2D eigenvalue weighted by Gasteiger charge is 2.00.